The first kappa shape index (κ1) is 55.0. The van der Waals surface area contributed by atoms with Crippen LogP contribution in [-0.2, 0) is 19.1 Å². The van der Waals surface area contributed by atoms with Gasteiger partial charge in [0.1, 0.15) is 12.6 Å². The Labute approximate surface area is 368 Å². The van der Waals surface area contributed by atoms with Crippen molar-refractivity contribution in [2.45, 2.75) is 213 Å². The number of terminal acetylenes is 1. The summed E-state index contributed by atoms with van der Waals surface area (Å²) in [6.45, 7) is 23.4. The fraction of sp³-hybridized carbons (Fsp3) is 0.860. The second-order valence-corrected chi connectivity index (χ2v) is 21.0. The van der Waals surface area contributed by atoms with Crippen molar-refractivity contribution in [1.29, 1.82) is 0 Å². The minimum absolute atomic E-state index is 0.0769. The number of nitrogens with two attached hydrogens (primary N) is 1. The molecule has 0 aromatic heterocycles. The molecule has 2 saturated heterocycles. The predicted molar refractivity (Wildman–Crippen MR) is 253 cm³/mol. The largest absolute Gasteiger partial charge is 0.469 e. The molecule has 2 heterocycles. The van der Waals surface area contributed by atoms with Gasteiger partial charge in [0.25, 0.3) is 0 Å². The topological polar surface area (TPSA) is 123 Å². The summed E-state index contributed by atoms with van der Waals surface area (Å²) in [5.74, 6) is 6.99. The SMILES string of the molecule is C#C.C=C1NC2CS[C@H](CCCCC=O)C2N1.CC.CC12CCC3C(CCC4CCCC[C@@]43C)C1CCC2CCCC=O.CCC(=O)OC.CNC(C)(C)CC(C)(C)N. The maximum Gasteiger partial charge on any atom is 0.305 e. The van der Waals surface area contributed by atoms with Crippen molar-refractivity contribution in [2.75, 3.05) is 19.9 Å². The molecular weight excluding hydrogens is 753 g/mol. The first-order valence-electron chi connectivity index (χ1n) is 23.6. The van der Waals surface area contributed by atoms with Gasteiger partial charge in [0.15, 0.2) is 0 Å². The van der Waals surface area contributed by atoms with Gasteiger partial charge in [0, 0.05) is 41.3 Å². The predicted octanol–water partition coefficient (Wildman–Crippen LogP) is 10.6. The number of rotatable bonds is 13. The fourth-order valence-electron chi connectivity index (χ4n) is 12.0. The van der Waals surface area contributed by atoms with Crippen molar-refractivity contribution in [3.8, 4) is 12.8 Å². The van der Waals surface area contributed by atoms with E-state index in [9.17, 15) is 14.4 Å². The summed E-state index contributed by atoms with van der Waals surface area (Å²) in [7, 11) is 3.34. The number of unbranched alkanes of at least 4 members (excludes halogenated alkanes) is 3. The Morgan fingerprint density at radius 2 is 1.56 bits per heavy atom. The van der Waals surface area contributed by atoms with Gasteiger partial charge in [-0.15, -0.1) is 12.8 Å². The van der Waals surface area contributed by atoms with Gasteiger partial charge in [-0.1, -0.05) is 60.5 Å². The molecule has 0 radical (unpaired) electrons. The molecule has 0 spiro atoms. The van der Waals surface area contributed by atoms with Crippen molar-refractivity contribution in [3.05, 3.63) is 12.4 Å². The molecule has 342 valence electrons. The standard InChI is InChI=1S/C23H38O.C11H18N2OS.C8H20N2.C4H8O2.C2H6.C2H2/c1-22-14-5-3-7-17(22)9-11-19-20-12-10-18(8-4-6-16-24)23(20,2)15-13-21(19)22;1-8-12-9-7-15-10(11(9)13-8)5-3-2-4-6-14;1-7(2,9)6-8(3,4)10-5;1-3-4(5)6-2;2*1-2/h16-21H,3-15H2,1-2H3;6,9-13H,1-5,7H2;10H,6,9H2,1-5H3;3H2,1-2H3;1-2H3;1-2H/t17?,18?,19?,20?,21?,22-,23?;9?,10-,11?;;;;/m01..../s1. The molecule has 0 amide bonds. The molecule has 59 heavy (non-hydrogen) atoms. The lowest BCUT2D eigenvalue weighted by molar-refractivity contribution is -0.140. The third kappa shape index (κ3) is 16.6. The molecule has 5 N–H and O–H groups in total. The van der Waals surface area contributed by atoms with Crippen LogP contribution in [0.2, 0.25) is 0 Å². The van der Waals surface area contributed by atoms with Crippen molar-refractivity contribution >= 4 is 30.3 Å². The number of thioether (sulfide) groups is 1. The molecule has 4 saturated carbocycles. The highest BCUT2D eigenvalue weighted by molar-refractivity contribution is 8.00. The molecule has 8 unspecified atom stereocenters. The van der Waals surface area contributed by atoms with E-state index in [2.05, 4.69) is 67.8 Å². The summed E-state index contributed by atoms with van der Waals surface area (Å²) in [4.78, 5) is 30.8. The average molecular weight is 845 g/mol. The van der Waals surface area contributed by atoms with Gasteiger partial charge in [-0.05, 0) is 159 Å². The molecule has 6 aliphatic rings. The minimum Gasteiger partial charge on any atom is -0.469 e. The van der Waals surface area contributed by atoms with E-state index >= 15 is 0 Å². The second-order valence-electron chi connectivity index (χ2n) is 19.8. The lowest BCUT2D eigenvalue weighted by Crippen LogP contribution is -2.52. The smallest absolute Gasteiger partial charge is 0.305 e. The van der Waals surface area contributed by atoms with E-state index < -0.39 is 0 Å². The van der Waals surface area contributed by atoms with Crippen LogP contribution in [0.4, 0.5) is 0 Å². The van der Waals surface area contributed by atoms with Crippen LogP contribution in [0.1, 0.15) is 184 Å². The van der Waals surface area contributed by atoms with Gasteiger partial charge in [0.2, 0.25) is 0 Å². The van der Waals surface area contributed by atoms with Gasteiger partial charge < -0.3 is 36.0 Å². The van der Waals surface area contributed by atoms with E-state index in [-0.39, 0.29) is 17.0 Å². The lowest BCUT2D eigenvalue weighted by Gasteiger charge is -2.60. The molecule has 6 fully saturated rings. The number of esters is 1. The van der Waals surface area contributed by atoms with Crippen molar-refractivity contribution in [1.82, 2.24) is 16.0 Å². The molecule has 2 aliphatic heterocycles. The average Bonchev–Trinajstić information content (AvgIpc) is 3.89. The number of hydrogen-bond acceptors (Lipinski definition) is 9. The summed E-state index contributed by atoms with van der Waals surface area (Å²) in [6.07, 6.45) is 33.9. The Balaban J connectivity index is 0.000000427. The van der Waals surface area contributed by atoms with Gasteiger partial charge >= 0.3 is 5.97 Å². The number of ether oxygens (including phenoxy) is 1. The summed E-state index contributed by atoms with van der Waals surface area (Å²) in [6, 6.07) is 1.12. The highest BCUT2D eigenvalue weighted by atomic mass is 32.2. The van der Waals surface area contributed by atoms with Crippen molar-refractivity contribution in [3.63, 3.8) is 0 Å². The van der Waals surface area contributed by atoms with Crippen LogP contribution in [0, 0.1) is 53.3 Å². The van der Waals surface area contributed by atoms with Crippen LogP contribution in [-0.4, -0.2) is 66.9 Å². The quantitative estimate of drug-likeness (QED) is 0.0621. The van der Waals surface area contributed by atoms with Crippen LogP contribution < -0.4 is 21.7 Å². The highest BCUT2D eigenvalue weighted by Gasteiger charge is 2.59. The zero-order valence-electron chi connectivity index (χ0n) is 39.9. The maximum atomic E-state index is 10.7. The van der Waals surface area contributed by atoms with Gasteiger partial charge in [-0.2, -0.15) is 11.8 Å². The molecule has 6 rings (SSSR count). The van der Waals surface area contributed by atoms with Gasteiger partial charge in [-0.3, -0.25) is 4.79 Å². The first-order valence-corrected chi connectivity index (χ1v) is 24.6. The summed E-state index contributed by atoms with van der Waals surface area (Å²) in [5, 5.41) is 10.7. The number of fused-ring (bicyclic) bond motifs is 6. The second kappa shape index (κ2) is 27.1. The monoisotopic (exact) mass is 845 g/mol. The normalized spacial score (nSPS) is 32.3. The minimum atomic E-state index is -0.157. The van der Waals surface area contributed by atoms with Crippen LogP contribution >= 0.6 is 11.8 Å². The third-order valence-corrected chi connectivity index (χ3v) is 16.3. The summed E-state index contributed by atoms with van der Waals surface area (Å²) < 4.78 is 4.26. The Kier molecular flexibility index (Phi) is 25.3. The molecule has 0 aromatic carbocycles. The number of methoxy groups -OCH3 is 1. The zero-order chi connectivity index (χ0) is 44.9. The maximum absolute atomic E-state index is 10.7. The van der Waals surface area contributed by atoms with Crippen molar-refractivity contribution < 1.29 is 19.1 Å². The van der Waals surface area contributed by atoms with E-state index in [4.69, 9.17) is 5.73 Å². The molecule has 9 heteroatoms. The summed E-state index contributed by atoms with van der Waals surface area (Å²) in [5.41, 5.74) is 7.21. The zero-order valence-corrected chi connectivity index (χ0v) is 40.7. The number of aldehydes is 2. The molecule has 10 atom stereocenters. The third-order valence-electron chi connectivity index (χ3n) is 14.8. The van der Waals surface area contributed by atoms with E-state index in [0.717, 1.165) is 80.1 Å². The molecule has 4 aliphatic carbocycles. The molecule has 0 aromatic rings. The number of carbonyl (C=O) groups is 3. The Bertz CT molecular complexity index is 1240. The van der Waals surface area contributed by atoms with Crippen molar-refractivity contribution in [2.24, 2.45) is 46.2 Å². The summed E-state index contributed by atoms with van der Waals surface area (Å²) >= 11 is 2.04. The van der Waals surface area contributed by atoms with Gasteiger partial charge in [-0.25, -0.2) is 0 Å². The Morgan fingerprint density at radius 3 is 2.12 bits per heavy atom. The van der Waals surface area contributed by atoms with Crippen LogP contribution in [0.5, 0.6) is 0 Å². The van der Waals surface area contributed by atoms with Crippen LogP contribution in [0.15, 0.2) is 12.4 Å². The highest BCUT2D eigenvalue weighted by Crippen LogP contribution is 2.67. The molecule has 0 bridgehead atoms. The Morgan fingerprint density at radius 1 is 0.915 bits per heavy atom. The lowest BCUT2D eigenvalue weighted by atomic mass is 9.45. The van der Waals surface area contributed by atoms with E-state index in [0.29, 0.717) is 41.0 Å². The number of carbonyl (C=O) groups excluding carboxylic acids is 3. The van der Waals surface area contributed by atoms with Crippen LogP contribution in [0.3, 0.4) is 0 Å². The number of nitrogens with one attached hydrogen (secondary N) is 3. The van der Waals surface area contributed by atoms with E-state index in [1.54, 1.807) is 6.92 Å². The fourth-order valence-corrected chi connectivity index (χ4v) is 13.6. The van der Waals surface area contributed by atoms with Gasteiger partial charge in [0.05, 0.1) is 25.0 Å². The van der Waals surface area contributed by atoms with E-state index in [1.165, 1.54) is 89.9 Å². The molecular formula is C50H92N4O4S. The number of hydrogen-bond donors (Lipinski definition) is 4. The Hall–Kier alpha value is -2.02. The molecule has 8 nitrogen and oxygen atoms in total. The van der Waals surface area contributed by atoms with Crippen LogP contribution in [0.25, 0.3) is 0 Å². The first-order chi connectivity index (χ1) is 28.0. The van der Waals surface area contributed by atoms with E-state index in [1.807, 2.05) is 46.5 Å².